The molecule has 4 nitrogen and oxygen atoms in total. The predicted molar refractivity (Wildman–Crippen MR) is 56.9 cm³/mol. The van der Waals surface area contributed by atoms with E-state index in [2.05, 4.69) is 0 Å². The molecule has 0 radical (unpaired) electrons. The van der Waals surface area contributed by atoms with Crippen LogP contribution in [0.1, 0.15) is 13.3 Å². The first-order chi connectivity index (χ1) is 6.57. The summed E-state index contributed by atoms with van der Waals surface area (Å²) in [6.07, 6.45) is 0.470. The van der Waals surface area contributed by atoms with Crippen molar-refractivity contribution in [1.29, 1.82) is 0 Å². The number of carbonyl (C=O) groups excluding carboxylic acids is 2. The summed E-state index contributed by atoms with van der Waals surface area (Å²) in [4.78, 5) is 26.4. The molecule has 1 saturated heterocycles. The Bertz CT molecular complexity index is 243. The Labute approximate surface area is 88.6 Å². The standard InChI is InChI=1S/C9H16N2O2S/c1-4-8(12)11-6-14-5-7(11)9(13)10(2)3/h7H,4-6H2,1-3H3/t7-/m0/s1. The molecular weight excluding hydrogens is 200 g/mol. The van der Waals surface area contributed by atoms with E-state index in [1.165, 1.54) is 0 Å². The average molecular weight is 216 g/mol. The summed E-state index contributed by atoms with van der Waals surface area (Å²) in [7, 11) is 3.44. The molecule has 0 bridgehead atoms. The van der Waals surface area contributed by atoms with Gasteiger partial charge in [0.25, 0.3) is 0 Å². The van der Waals surface area contributed by atoms with E-state index in [9.17, 15) is 9.59 Å². The minimum atomic E-state index is -0.248. The molecular formula is C9H16N2O2S. The van der Waals surface area contributed by atoms with E-state index in [4.69, 9.17) is 0 Å². The molecule has 1 aliphatic rings. The molecule has 0 aliphatic carbocycles. The van der Waals surface area contributed by atoms with Gasteiger partial charge in [0.15, 0.2) is 0 Å². The van der Waals surface area contributed by atoms with Gasteiger partial charge >= 0.3 is 0 Å². The van der Waals surface area contributed by atoms with Crippen LogP contribution in [0.15, 0.2) is 0 Å². The zero-order valence-corrected chi connectivity index (χ0v) is 9.63. The molecule has 1 fully saturated rings. The van der Waals surface area contributed by atoms with Crippen molar-refractivity contribution >= 4 is 23.6 Å². The van der Waals surface area contributed by atoms with Gasteiger partial charge in [0.2, 0.25) is 11.8 Å². The third-order valence-corrected chi connectivity index (χ3v) is 3.24. The highest BCUT2D eigenvalue weighted by atomic mass is 32.2. The Balaban J connectivity index is 2.68. The van der Waals surface area contributed by atoms with Gasteiger partial charge in [-0.15, -0.1) is 11.8 Å². The summed E-state index contributed by atoms with van der Waals surface area (Å²) in [5.74, 6) is 1.46. The van der Waals surface area contributed by atoms with Gasteiger partial charge in [-0.2, -0.15) is 0 Å². The molecule has 1 rings (SSSR count). The minimum Gasteiger partial charge on any atom is -0.347 e. The molecule has 1 atom stereocenters. The van der Waals surface area contributed by atoms with Crippen LogP contribution in [0.2, 0.25) is 0 Å². The second-order valence-corrected chi connectivity index (χ2v) is 4.47. The van der Waals surface area contributed by atoms with Gasteiger partial charge in [0.05, 0.1) is 5.88 Å². The Morgan fingerprint density at radius 1 is 1.50 bits per heavy atom. The fourth-order valence-corrected chi connectivity index (χ4v) is 2.57. The highest BCUT2D eigenvalue weighted by Crippen LogP contribution is 2.22. The highest BCUT2D eigenvalue weighted by molar-refractivity contribution is 7.99. The number of hydrogen-bond acceptors (Lipinski definition) is 3. The van der Waals surface area contributed by atoms with Gasteiger partial charge < -0.3 is 9.80 Å². The predicted octanol–water partition coefficient (Wildman–Crippen LogP) is 0.386. The Morgan fingerprint density at radius 2 is 2.14 bits per heavy atom. The lowest BCUT2D eigenvalue weighted by Gasteiger charge is -2.24. The zero-order chi connectivity index (χ0) is 10.7. The van der Waals surface area contributed by atoms with Crippen LogP contribution < -0.4 is 0 Å². The molecule has 5 heteroatoms. The normalized spacial score (nSPS) is 21.1. The van der Waals surface area contributed by atoms with E-state index in [1.807, 2.05) is 6.92 Å². The number of amides is 2. The summed E-state index contributed by atoms with van der Waals surface area (Å²) in [5.41, 5.74) is 0. The van der Waals surface area contributed by atoms with Crippen LogP contribution in [0.3, 0.4) is 0 Å². The van der Waals surface area contributed by atoms with Gasteiger partial charge in [-0.1, -0.05) is 6.92 Å². The summed E-state index contributed by atoms with van der Waals surface area (Å²) >= 11 is 1.64. The van der Waals surface area contributed by atoms with Crippen molar-refractivity contribution in [1.82, 2.24) is 9.80 Å². The third-order valence-electron chi connectivity index (χ3n) is 2.23. The van der Waals surface area contributed by atoms with Crippen LogP contribution in [-0.2, 0) is 9.59 Å². The number of hydrogen-bond donors (Lipinski definition) is 0. The molecule has 1 aliphatic heterocycles. The number of rotatable bonds is 2. The van der Waals surface area contributed by atoms with Crippen LogP contribution in [0, 0.1) is 0 Å². The SMILES string of the molecule is CCC(=O)N1CSC[C@H]1C(=O)N(C)C. The first-order valence-corrected chi connectivity index (χ1v) is 5.81. The fraction of sp³-hybridized carbons (Fsp3) is 0.778. The highest BCUT2D eigenvalue weighted by Gasteiger charge is 2.34. The molecule has 0 saturated carbocycles. The molecule has 80 valence electrons. The summed E-state index contributed by atoms with van der Waals surface area (Å²) in [6, 6.07) is -0.248. The van der Waals surface area contributed by atoms with Gasteiger partial charge in [-0.25, -0.2) is 0 Å². The monoisotopic (exact) mass is 216 g/mol. The number of nitrogens with zero attached hydrogens (tertiary/aromatic N) is 2. The molecule has 0 N–H and O–H groups in total. The molecule has 1 heterocycles. The van der Waals surface area contributed by atoms with Crippen LogP contribution in [0.5, 0.6) is 0 Å². The van der Waals surface area contributed by atoms with Crippen LogP contribution in [-0.4, -0.2) is 53.4 Å². The van der Waals surface area contributed by atoms with Crippen molar-refractivity contribution in [2.75, 3.05) is 25.7 Å². The molecule has 0 aromatic carbocycles. The number of carbonyl (C=O) groups is 2. The van der Waals surface area contributed by atoms with Crippen molar-refractivity contribution in [3.8, 4) is 0 Å². The van der Waals surface area contributed by atoms with Crippen LogP contribution in [0.4, 0.5) is 0 Å². The van der Waals surface area contributed by atoms with Gasteiger partial charge in [-0.05, 0) is 0 Å². The van der Waals surface area contributed by atoms with E-state index in [0.29, 0.717) is 12.3 Å². The largest absolute Gasteiger partial charge is 0.347 e. The van der Waals surface area contributed by atoms with E-state index >= 15 is 0 Å². The Hall–Kier alpha value is -0.710. The summed E-state index contributed by atoms with van der Waals surface area (Å²) in [5, 5.41) is 0. The summed E-state index contributed by atoms with van der Waals surface area (Å²) < 4.78 is 0. The quantitative estimate of drug-likeness (QED) is 0.670. The number of likely N-dealkylation sites (N-methyl/N-ethyl adjacent to an activating group) is 1. The van der Waals surface area contributed by atoms with E-state index in [-0.39, 0.29) is 17.9 Å². The van der Waals surface area contributed by atoms with Crippen molar-refractivity contribution in [2.45, 2.75) is 19.4 Å². The van der Waals surface area contributed by atoms with E-state index < -0.39 is 0 Å². The molecule has 0 spiro atoms. The van der Waals surface area contributed by atoms with Crippen molar-refractivity contribution in [3.05, 3.63) is 0 Å². The topological polar surface area (TPSA) is 40.6 Å². The molecule has 0 unspecified atom stereocenters. The van der Waals surface area contributed by atoms with Gasteiger partial charge in [-0.3, -0.25) is 9.59 Å². The van der Waals surface area contributed by atoms with E-state index in [0.717, 1.165) is 5.75 Å². The summed E-state index contributed by atoms with van der Waals surface area (Å²) in [6.45, 7) is 1.82. The van der Waals surface area contributed by atoms with Crippen molar-refractivity contribution < 1.29 is 9.59 Å². The smallest absolute Gasteiger partial charge is 0.245 e. The lowest BCUT2D eigenvalue weighted by atomic mass is 10.2. The number of thioether (sulfide) groups is 1. The maximum atomic E-state index is 11.7. The lowest BCUT2D eigenvalue weighted by Crippen LogP contribution is -2.46. The third kappa shape index (κ3) is 2.20. The average Bonchev–Trinajstić information content (AvgIpc) is 2.63. The van der Waals surface area contributed by atoms with Gasteiger partial charge in [0, 0.05) is 26.3 Å². The maximum absolute atomic E-state index is 11.7. The maximum Gasteiger partial charge on any atom is 0.245 e. The molecule has 14 heavy (non-hydrogen) atoms. The molecule has 0 aromatic heterocycles. The van der Waals surface area contributed by atoms with Gasteiger partial charge in [0.1, 0.15) is 6.04 Å². The zero-order valence-electron chi connectivity index (χ0n) is 8.82. The fourth-order valence-electron chi connectivity index (χ4n) is 1.39. The second kappa shape index (κ2) is 4.68. The molecule has 2 amide bonds. The van der Waals surface area contributed by atoms with Crippen molar-refractivity contribution in [3.63, 3.8) is 0 Å². The first-order valence-electron chi connectivity index (χ1n) is 4.66. The second-order valence-electron chi connectivity index (χ2n) is 3.47. The Morgan fingerprint density at radius 3 is 2.64 bits per heavy atom. The minimum absolute atomic E-state index is 0.0248. The van der Waals surface area contributed by atoms with Crippen molar-refractivity contribution in [2.24, 2.45) is 0 Å². The van der Waals surface area contributed by atoms with E-state index in [1.54, 1.807) is 35.7 Å². The first kappa shape index (κ1) is 11.4. The lowest BCUT2D eigenvalue weighted by molar-refractivity contribution is -0.141. The van der Waals surface area contributed by atoms with Crippen LogP contribution >= 0.6 is 11.8 Å². The van der Waals surface area contributed by atoms with Crippen LogP contribution in [0.25, 0.3) is 0 Å². The molecule has 0 aromatic rings. The Kier molecular flexibility index (Phi) is 3.80.